The van der Waals surface area contributed by atoms with Gasteiger partial charge in [-0.05, 0) is 43.7 Å². The van der Waals surface area contributed by atoms with Crippen LogP contribution in [0.4, 0.5) is 0 Å². The molecule has 0 amide bonds. The van der Waals surface area contributed by atoms with E-state index in [0.717, 1.165) is 27.8 Å². The van der Waals surface area contributed by atoms with Crippen LogP contribution in [0.5, 0.6) is 5.88 Å². The van der Waals surface area contributed by atoms with E-state index in [4.69, 9.17) is 4.74 Å². The van der Waals surface area contributed by atoms with E-state index in [0.29, 0.717) is 5.88 Å². The van der Waals surface area contributed by atoms with E-state index in [-0.39, 0.29) is 5.69 Å². The van der Waals surface area contributed by atoms with Crippen LogP contribution < -0.4 is 10.4 Å². The van der Waals surface area contributed by atoms with Crippen molar-refractivity contribution in [2.24, 2.45) is 0 Å². The standard InChI is InChI=1S/C16H15N3O2/c1-10-6-7-12-14(9-10)19(16(20)18-15(12)21-3)13-5-4-8-17-11(13)2/h4-9H,1-3H3. The molecule has 0 unspecified atom stereocenters. The molecule has 0 saturated heterocycles. The molecule has 0 aliphatic heterocycles. The summed E-state index contributed by atoms with van der Waals surface area (Å²) >= 11 is 0. The normalized spacial score (nSPS) is 10.8. The molecule has 106 valence electrons. The van der Waals surface area contributed by atoms with Gasteiger partial charge in [0, 0.05) is 6.20 Å². The average molecular weight is 281 g/mol. The van der Waals surface area contributed by atoms with Crippen LogP contribution >= 0.6 is 0 Å². The van der Waals surface area contributed by atoms with Crippen molar-refractivity contribution in [3.05, 3.63) is 58.3 Å². The Morgan fingerprint density at radius 1 is 1.19 bits per heavy atom. The zero-order valence-electron chi connectivity index (χ0n) is 12.1. The van der Waals surface area contributed by atoms with Crippen LogP contribution in [0.25, 0.3) is 16.6 Å². The maximum atomic E-state index is 12.4. The van der Waals surface area contributed by atoms with Crippen molar-refractivity contribution in [1.82, 2.24) is 14.5 Å². The van der Waals surface area contributed by atoms with E-state index >= 15 is 0 Å². The van der Waals surface area contributed by atoms with Gasteiger partial charge in [-0.25, -0.2) is 4.79 Å². The molecule has 0 bridgehead atoms. The molecule has 1 aromatic carbocycles. The van der Waals surface area contributed by atoms with Crippen LogP contribution in [0.2, 0.25) is 0 Å². The highest BCUT2D eigenvalue weighted by atomic mass is 16.5. The van der Waals surface area contributed by atoms with Crippen molar-refractivity contribution >= 4 is 10.9 Å². The Hall–Kier alpha value is -2.69. The van der Waals surface area contributed by atoms with E-state index < -0.39 is 0 Å². The van der Waals surface area contributed by atoms with Crippen molar-refractivity contribution in [1.29, 1.82) is 0 Å². The van der Waals surface area contributed by atoms with Gasteiger partial charge in [0.05, 0.1) is 29.4 Å². The first-order chi connectivity index (χ1) is 10.1. The molecule has 0 aliphatic carbocycles. The molecule has 0 spiro atoms. The van der Waals surface area contributed by atoms with Crippen LogP contribution in [0, 0.1) is 13.8 Å². The zero-order chi connectivity index (χ0) is 15.0. The largest absolute Gasteiger partial charge is 0.480 e. The van der Waals surface area contributed by atoms with Gasteiger partial charge in [0.2, 0.25) is 5.88 Å². The maximum absolute atomic E-state index is 12.4. The molecule has 3 rings (SSSR count). The summed E-state index contributed by atoms with van der Waals surface area (Å²) in [5.74, 6) is 0.341. The number of ether oxygens (including phenoxy) is 1. The number of nitrogens with zero attached hydrogens (tertiary/aromatic N) is 3. The Morgan fingerprint density at radius 3 is 2.71 bits per heavy atom. The fourth-order valence-corrected chi connectivity index (χ4v) is 2.41. The molecule has 2 aromatic heterocycles. The van der Waals surface area contributed by atoms with Crippen molar-refractivity contribution in [3.8, 4) is 11.6 Å². The van der Waals surface area contributed by atoms with Gasteiger partial charge in [-0.1, -0.05) is 6.07 Å². The molecule has 0 aliphatic rings. The number of aromatic nitrogens is 3. The Bertz CT molecular complexity index is 884. The molecule has 0 radical (unpaired) electrons. The van der Waals surface area contributed by atoms with Gasteiger partial charge in [0.15, 0.2) is 0 Å². The molecule has 0 fully saturated rings. The fraction of sp³-hybridized carbons (Fsp3) is 0.188. The third kappa shape index (κ3) is 2.16. The van der Waals surface area contributed by atoms with Gasteiger partial charge in [0.1, 0.15) is 0 Å². The Morgan fingerprint density at radius 2 is 2.00 bits per heavy atom. The van der Waals surface area contributed by atoms with E-state index in [2.05, 4.69) is 9.97 Å². The Balaban J connectivity index is 2.48. The van der Waals surface area contributed by atoms with Gasteiger partial charge in [-0.15, -0.1) is 0 Å². The summed E-state index contributed by atoms with van der Waals surface area (Å²) in [6.45, 7) is 3.85. The van der Waals surface area contributed by atoms with E-state index in [1.54, 1.807) is 16.8 Å². The number of benzene rings is 1. The lowest BCUT2D eigenvalue weighted by atomic mass is 10.1. The lowest BCUT2D eigenvalue weighted by Gasteiger charge is -2.13. The van der Waals surface area contributed by atoms with Crippen LogP contribution in [0.1, 0.15) is 11.3 Å². The van der Waals surface area contributed by atoms with Crippen molar-refractivity contribution in [2.45, 2.75) is 13.8 Å². The van der Waals surface area contributed by atoms with Gasteiger partial charge in [-0.2, -0.15) is 4.98 Å². The average Bonchev–Trinajstić information content (AvgIpc) is 2.47. The van der Waals surface area contributed by atoms with Gasteiger partial charge in [-0.3, -0.25) is 9.55 Å². The SMILES string of the molecule is COc1nc(=O)n(-c2cccnc2C)c2cc(C)ccc12. The van der Waals surface area contributed by atoms with E-state index in [9.17, 15) is 4.79 Å². The summed E-state index contributed by atoms with van der Waals surface area (Å²) in [7, 11) is 1.51. The molecular weight excluding hydrogens is 266 g/mol. The van der Waals surface area contributed by atoms with Crippen LogP contribution in [-0.4, -0.2) is 21.6 Å². The minimum Gasteiger partial charge on any atom is -0.480 e. The van der Waals surface area contributed by atoms with Gasteiger partial charge >= 0.3 is 5.69 Å². The van der Waals surface area contributed by atoms with E-state index in [1.165, 1.54) is 7.11 Å². The first-order valence-electron chi connectivity index (χ1n) is 6.61. The van der Waals surface area contributed by atoms with Gasteiger partial charge < -0.3 is 4.74 Å². The number of hydrogen-bond donors (Lipinski definition) is 0. The summed E-state index contributed by atoms with van der Waals surface area (Å²) in [6, 6.07) is 9.50. The molecule has 2 heterocycles. The van der Waals surface area contributed by atoms with Crippen LogP contribution in [0.15, 0.2) is 41.3 Å². The molecule has 0 atom stereocenters. The first-order valence-corrected chi connectivity index (χ1v) is 6.61. The highest BCUT2D eigenvalue weighted by Crippen LogP contribution is 2.25. The highest BCUT2D eigenvalue weighted by molar-refractivity contribution is 5.85. The molecule has 0 saturated carbocycles. The number of rotatable bonds is 2. The van der Waals surface area contributed by atoms with Crippen molar-refractivity contribution in [2.75, 3.05) is 7.11 Å². The zero-order valence-corrected chi connectivity index (χ0v) is 12.1. The highest BCUT2D eigenvalue weighted by Gasteiger charge is 2.14. The number of hydrogen-bond acceptors (Lipinski definition) is 4. The topological polar surface area (TPSA) is 57.0 Å². The predicted octanol–water partition coefficient (Wildman–Crippen LogP) is 2.41. The van der Waals surface area contributed by atoms with Crippen molar-refractivity contribution in [3.63, 3.8) is 0 Å². The monoisotopic (exact) mass is 281 g/mol. The van der Waals surface area contributed by atoms with Crippen LogP contribution in [-0.2, 0) is 0 Å². The molecule has 3 aromatic rings. The summed E-state index contributed by atoms with van der Waals surface area (Å²) in [6.07, 6.45) is 1.70. The van der Waals surface area contributed by atoms with Crippen LogP contribution in [0.3, 0.4) is 0 Å². The first kappa shape index (κ1) is 13.3. The number of methoxy groups -OCH3 is 1. The second-order valence-corrected chi connectivity index (χ2v) is 4.87. The van der Waals surface area contributed by atoms with Crippen molar-refractivity contribution < 1.29 is 4.74 Å². The second-order valence-electron chi connectivity index (χ2n) is 4.87. The number of pyridine rings is 1. The summed E-state index contributed by atoms with van der Waals surface area (Å²) in [5, 5.41) is 0.797. The number of fused-ring (bicyclic) bond motifs is 1. The summed E-state index contributed by atoms with van der Waals surface area (Å²) in [5.41, 5.74) is 2.96. The molecular formula is C16H15N3O2. The Labute approximate surface area is 121 Å². The third-order valence-corrected chi connectivity index (χ3v) is 3.43. The molecule has 0 N–H and O–H groups in total. The summed E-state index contributed by atoms with van der Waals surface area (Å²) < 4.78 is 6.81. The molecule has 5 heteroatoms. The minimum absolute atomic E-state index is 0.341. The Kier molecular flexibility index (Phi) is 3.17. The summed E-state index contributed by atoms with van der Waals surface area (Å²) in [4.78, 5) is 20.7. The maximum Gasteiger partial charge on any atom is 0.356 e. The molecule has 21 heavy (non-hydrogen) atoms. The van der Waals surface area contributed by atoms with Gasteiger partial charge in [0.25, 0.3) is 0 Å². The smallest absolute Gasteiger partial charge is 0.356 e. The number of aryl methyl sites for hydroxylation is 2. The molecule has 5 nitrogen and oxygen atoms in total. The quantitative estimate of drug-likeness (QED) is 0.724. The third-order valence-electron chi connectivity index (χ3n) is 3.43. The minimum atomic E-state index is -0.374. The van der Waals surface area contributed by atoms with E-state index in [1.807, 2.05) is 38.1 Å². The fourth-order valence-electron chi connectivity index (χ4n) is 2.41. The lowest BCUT2D eigenvalue weighted by molar-refractivity contribution is 0.400. The predicted molar refractivity (Wildman–Crippen MR) is 81.2 cm³/mol. The second kappa shape index (κ2) is 5.01. The lowest BCUT2D eigenvalue weighted by Crippen LogP contribution is -2.23.